The van der Waals surface area contributed by atoms with E-state index in [1.807, 2.05) is 37.3 Å². The standard InChI is InChI=1S/C16H22O4/c1-13(6-5-9-15-18-10-11-19-15)16(17)20-12-14-7-3-2-4-8-14/h2-4,7-8,13,15H,5-6,9-12H2,1H3/t13-/m1/s1. The number of benzene rings is 1. The molecule has 2 rings (SSSR count). The van der Waals surface area contributed by atoms with Crippen molar-refractivity contribution in [3.05, 3.63) is 35.9 Å². The van der Waals surface area contributed by atoms with Crippen LogP contribution in [0.3, 0.4) is 0 Å². The van der Waals surface area contributed by atoms with E-state index in [-0.39, 0.29) is 18.2 Å². The molecule has 0 aliphatic carbocycles. The minimum Gasteiger partial charge on any atom is -0.461 e. The Labute approximate surface area is 120 Å². The first-order chi connectivity index (χ1) is 9.75. The highest BCUT2D eigenvalue weighted by molar-refractivity contribution is 5.71. The van der Waals surface area contributed by atoms with Gasteiger partial charge < -0.3 is 14.2 Å². The molecule has 20 heavy (non-hydrogen) atoms. The fourth-order valence-electron chi connectivity index (χ4n) is 2.15. The zero-order chi connectivity index (χ0) is 14.2. The third kappa shape index (κ3) is 4.94. The van der Waals surface area contributed by atoms with Crippen molar-refractivity contribution >= 4 is 5.97 Å². The number of carbonyl (C=O) groups is 1. The Morgan fingerprint density at radius 3 is 2.70 bits per heavy atom. The molecule has 1 aliphatic rings. The lowest BCUT2D eigenvalue weighted by atomic mass is 10.0. The fourth-order valence-corrected chi connectivity index (χ4v) is 2.15. The van der Waals surface area contributed by atoms with Gasteiger partial charge in [0, 0.05) is 0 Å². The van der Waals surface area contributed by atoms with Crippen molar-refractivity contribution in [2.75, 3.05) is 13.2 Å². The minimum atomic E-state index is -0.137. The first-order valence-electron chi connectivity index (χ1n) is 7.19. The SMILES string of the molecule is C[C@H](CCCC1OCCO1)C(=O)OCc1ccccc1. The van der Waals surface area contributed by atoms with E-state index in [1.54, 1.807) is 0 Å². The molecule has 4 nitrogen and oxygen atoms in total. The van der Waals surface area contributed by atoms with Crippen LogP contribution in [0.2, 0.25) is 0 Å². The average Bonchev–Trinajstić information content (AvgIpc) is 2.99. The Morgan fingerprint density at radius 2 is 2.00 bits per heavy atom. The summed E-state index contributed by atoms with van der Waals surface area (Å²) in [6.07, 6.45) is 2.47. The molecular formula is C16H22O4. The number of hydrogen-bond acceptors (Lipinski definition) is 4. The zero-order valence-electron chi connectivity index (χ0n) is 11.9. The molecule has 0 spiro atoms. The molecule has 1 aromatic carbocycles. The summed E-state index contributed by atoms with van der Waals surface area (Å²) in [5.74, 6) is -0.220. The van der Waals surface area contributed by atoms with Crippen LogP contribution in [-0.2, 0) is 25.6 Å². The average molecular weight is 278 g/mol. The van der Waals surface area contributed by atoms with Crippen LogP contribution in [0.5, 0.6) is 0 Å². The maximum absolute atomic E-state index is 11.9. The molecule has 0 radical (unpaired) electrons. The van der Waals surface area contributed by atoms with Crippen molar-refractivity contribution in [1.29, 1.82) is 0 Å². The molecule has 0 N–H and O–H groups in total. The predicted octanol–water partition coefficient (Wildman–Crippen LogP) is 2.91. The Kier molecular flexibility index (Phi) is 6.02. The Morgan fingerprint density at radius 1 is 1.30 bits per heavy atom. The van der Waals surface area contributed by atoms with Gasteiger partial charge in [-0.3, -0.25) is 4.79 Å². The fraction of sp³-hybridized carbons (Fsp3) is 0.562. The third-order valence-electron chi connectivity index (χ3n) is 3.39. The molecule has 1 saturated heterocycles. The lowest BCUT2D eigenvalue weighted by Gasteiger charge is -2.13. The van der Waals surface area contributed by atoms with Crippen LogP contribution in [0.25, 0.3) is 0 Å². The predicted molar refractivity (Wildman–Crippen MR) is 74.9 cm³/mol. The number of rotatable bonds is 7. The summed E-state index contributed by atoms with van der Waals surface area (Å²) < 4.78 is 16.0. The Hall–Kier alpha value is -1.39. The molecule has 1 heterocycles. The van der Waals surface area contributed by atoms with Crippen LogP contribution in [0.4, 0.5) is 0 Å². The van der Waals surface area contributed by atoms with E-state index in [9.17, 15) is 4.79 Å². The summed E-state index contributed by atoms with van der Waals surface area (Å²) in [6, 6.07) is 9.73. The van der Waals surface area contributed by atoms with Crippen LogP contribution in [0.15, 0.2) is 30.3 Å². The normalized spacial score (nSPS) is 17.1. The monoisotopic (exact) mass is 278 g/mol. The summed E-state index contributed by atoms with van der Waals surface area (Å²) in [4.78, 5) is 11.9. The molecule has 0 bridgehead atoms. The minimum absolute atomic E-state index is 0.0810. The summed E-state index contributed by atoms with van der Waals surface area (Å²) in [5, 5.41) is 0. The molecule has 0 amide bonds. The third-order valence-corrected chi connectivity index (χ3v) is 3.39. The summed E-state index contributed by atoms with van der Waals surface area (Å²) in [7, 11) is 0. The van der Waals surface area contributed by atoms with Gasteiger partial charge in [0.25, 0.3) is 0 Å². The van der Waals surface area contributed by atoms with Gasteiger partial charge in [0.2, 0.25) is 0 Å². The van der Waals surface area contributed by atoms with Crippen molar-refractivity contribution in [1.82, 2.24) is 0 Å². The Bertz CT molecular complexity index is 398. The first kappa shape index (κ1) is 15.0. The Balaban J connectivity index is 1.61. The molecule has 4 heteroatoms. The first-order valence-corrected chi connectivity index (χ1v) is 7.19. The number of hydrogen-bond donors (Lipinski definition) is 0. The van der Waals surface area contributed by atoms with Gasteiger partial charge in [-0.2, -0.15) is 0 Å². The van der Waals surface area contributed by atoms with Crippen LogP contribution in [0.1, 0.15) is 31.7 Å². The van der Waals surface area contributed by atoms with Crippen LogP contribution in [-0.4, -0.2) is 25.5 Å². The van der Waals surface area contributed by atoms with E-state index in [2.05, 4.69) is 0 Å². The van der Waals surface area contributed by atoms with Crippen LogP contribution in [0, 0.1) is 5.92 Å². The van der Waals surface area contributed by atoms with Gasteiger partial charge in [-0.05, 0) is 24.8 Å². The van der Waals surface area contributed by atoms with Gasteiger partial charge in [0.1, 0.15) is 6.61 Å². The summed E-state index contributed by atoms with van der Waals surface area (Å²) >= 11 is 0. The van der Waals surface area contributed by atoms with Crippen molar-refractivity contribution in [2.45, 2.75) is 39.1 Å². The van der Waals surface area contributed by atoms with E-state index in [0.29, 0.717) is 19.8 Å². The van der Waals surface area contributed by atoms with Gasteiger partial charge in [-0.15, -0.1) is 0 Å². The highest BCUT2D eigenvalue weighted by atomic mass is 16.7. The molecule has 0 aromatic heterocycles. The van der Waals surface area contributed by atoms with Crippen LogP contribution >= 0.6 is 0 Å². The molecule has 1 aliphatic heterocycles. The molecule has 1 atom stereocenters. The van der Waals surface area contributed by atoms with E-state index < -0.39 is 0 Å². The highest BCUT2D eigenvalue weighted by Gasteiger charge is 2.18. The maximum atomic E-state index is 11.9. The molecule has 1 aromatic rings. The summed E-state index contributed by atoms with van der Waals surface area (Å²) in [6.45, 7) is 3.61. The molecule has 0 unspecified atom stereocenters. The quantitative estimate of drug-likeness (QED) is 0.719. The molecular weight excluding hydrogens is 256 g/mol. The second-order valence-corrected chi connectivity index (χ2v) is 5.10. The summed E-state index contributed by atoms with van der Waals surface area (Å²) in [5.41, 5.74) is 1.01. The number of esters is 1. The van der Waals surface area contributed by atoms with Crippen molar-refractivity contribution in [3.8, 4) is 0 Å². The van der Waals surface area contributed by atoms with Crippen molar-refractivity contribution in [2.24, 2.45) is 5.92 Å². The molecule has 1 fully saturated rings. The number of ether oxygens (including phenoxy) is 3. The topological polar surface area (TPSA) is 44.8 Å². The van der Waals surface area contributed by atoms with E-state index >= 15 is 0 Å². The molecule has 0 saturated carbocycles. The van der Waals surface area contributed by atoms with E-state index in [4.69, 9.17) is 14.2 Å². The smallest absolute Gasteiger partial charge is 0.308 e. The molecule has 110 valence electrons. The van der Waals surface area contributed by atoms with Crippen molar-refractivity contribution < 1.29 is 19.0 Å². The van der Waals surface area contributed by atoms with Gasteiger partial charge in [0.05, 0.1) is 19.1 Å². The maximum Gasteiger partial charge on any atom is 0.308 e. The number of carbonyl (C=O) groups excluding carboxylic acids is 1. The lowest BCUT2D eigenvalue weighted by molar-refractivity contribution is -0.149. The van der Waals surface area contributed by atoms with Gasteiger partial charge >= 0.3 is 5.97 Å². The van der Waals surface area contributed by atoms with Crippen molar-refractivity contribution in [3.63, 3.8) is 0 Å². The highest BCUT2D eigenvalue weighted by Crippen LogP contribution is 2.16. The van der Waals surface area contributed by atoms with E-state index in [1.165, 1.54) is 0 Å². The largest absolute Gasteiger partial charge is 0.461 e. The zero-order valence-corrected chi connectivity index (χ0v) is 11.9. The lowest BCUT2D eigenvalue weighted by Crippen LogP contribution is -2.16. The second-order valence-electron chi connectivity index (χ2n) is 5.10. The second kappa shape index (κ2) is 8.02. The van der Waals surface area contributed by atoms with E-state index in [0.717, 1.165) is 24.8 Å². The van der Waals surface area contributed by atoms with Gasteiger partial charge in [-0.25, -0.2) is 0 Å². The van der Waals surface area contributed by atoms with Crippen LogP contribution < -0.4 is 0 Å². The van der Waals surface area contributed by atoms with Gasteiger partial charge in [0.15, 0.2) is 6.29 Å². The van der Waals surface area contributed by atoms with Gasteiger partial charge in [-0.1, -0.05) is 37.3 Å².